The van der Waals surface area contributed by atoms with Crippen molar-refractivity contribution in [2.24, 2.45) is 0 Å². The van der Waals surface area contributed by atoms with Crippen LogP contribution in [0.15, 0.2) is 87.8 Å². The van der Waals surface area contributed by atoms with Crippen molar-refractivity contribution in [2.45, 2.75) is 6.42 Å². The van der Waals surface area contributed by atoms with E-state index in [4.69, 9.17) is 0 Å². The highest BCUT2D eigenvalue weighted by atomic mass is 79.9. The normalized spacial score (nSPS) is 14.1. The molecule has 2 amide bonds. The van der Waals surface area contributed by atoms with Crippen LogP contribution in [0.4, 0.5) is 0 Å². The number of piperazine rings is 1. The largest absolute Gasteiger partial charge is 0.354 e. The quantitative estimate of drug-likeness (QED) is 0.272. The van der Waals surface area contributed by atoms with Crippen molar-refractivity contribution in [1.82, 2.24) is 14.8 Å². The molecular formula is C29H25Br2N3O2. The van der Waals surface area contributed by atoms with Gasteiger partial charge in [0.25, 0.3) is 0 Å². The van der Waals surface area contributed by atoms with Crippen molar-refractivity contribution in [3.8, 4) is 11.3 Å². The Bertz CT molecular complexity index is 1440. The monoisotopic (exact) mass is 605 g/mol. The summed E-state index contributed by atoms with van der Waals surface area (Å²) in [4.78, 5) is 33.2. The lowest BCUT2D eigenvalue weighted by Crippen LogP contribution is -2.50. The Hall–Kier alpha value is -3.16. The van der Waals surface area contributed by atoms with Crippen LogP contribution in [0.3, 0.4) is 0 Å². The van der Waals surface area contributed by atoms with Crippen molar-refractivity contribution in [1.29, 1.82) is 0 Å². The Morgan fingerprint density at radius 1 is 0.833 bits per heavy atom. The second kappa shape index (κ2) is 10.8. The second-order valence-corrected chi connectivity index (χ2v) is 10.6. The fraction of sp³-hybridized carbons (Fsp3) is 0.172. The van der Waals surface area contributed by atoms with E-state index >= 15 is 0 Å². The van der Waals surface area contributed by atoms with Crippen molar-refractivity contribution >= 4 is 60.7 Å². The van der Waals surface area contributed by atoms with Crippen LogP contribution in [0.1, 0.15) is 11.1 Å². The van der Waals surface area contributed by atoms with Crippen molar-refractivity contribution in [3.05, 3.63) is 98.9 Å². The number of H-pyrrole nitrogens is 1. The van der Waals surface area contributed by atoms with Crippen LogP contribution in [0.5, 0.6) is 0 Å². The number of hydrogen-bond acceptors (Lipinski definition) is 2. The summed E-state index contributed by atoms with van der Waals surface area (Å²) in [5, 5.41) is 1.04. The Labute approximate surface area is 227 Å². The standard InChI is InChI=1S/C29H25Br2N3O2/c30-22-8-4-5-20(17-22)9-12-27(35)33-13-15-34(16-14-33)28(36)19-25-24-18-23(31)10-11-26(24)32-29(25)21-6-2-1-3-7-21/h1-12,17-18,32H,13-16,19H2/b12-9+. The van der Waals surface area contributed by atoms with Crippen LogP contribution in [-0.4, -0.2) is 52.8 Å². The fourth-order valence-corrected chi connectivity index (χ4v) is 5.36. The van der Waals surface area contributed by atoms with E-state index in [9.17, 15) is 9.59 Å². The third kappa shape index (κ3) is 5.47. The Morgan fingerprint density at radius 2 is 1.56 bits per heavy atom. The van der Waals surface area contributed by atoms with Gasteiger partial charge < -0.3 is 14.8 Å². The molecule has 5 nitrogen and oxygen atoms in total. The first-order chi connectivity index (χ1) is 17.5. The number of halogens is 2. The summed E-state index contributed by atoms with van der Waals surface area (Å²) in [6.45, 7) is 2.11. The van der Waals surface area contributed by atoms with Crippen molar-refractivity contribution in [2.75, 3.05) is 26.2 Å². The van der Waals surface area contributed by atoms with Gasteiger partial charge in [0.1, 0.15) is 0 Å². The van der Waals surface area contributed by atoms with Crippen LogP contribution < -0.4 is 0 Å². The predicted molar refractivity (Wildman–Crippen MR) is 151 cm³/mol. The highest BCUT2D eigenvalue weighted by molar-refractivity contribution is 9.10. The summed E-state index contributed by atoms with van der Waals surface area (Å²) in [7, 11) is 0. The number of aromatic nitrogens is 1. The minimum atomic E-state index is -0.0325. The minimum absolute atomic E-state index is 0.0325. The summed E-state index contributed by atoms with van der Waals surface area (Å²) in [6.07, 6.45) is 3.73. The molecule has 0 radical (unpaired) electrons. The van der Waals surface area contributed by atoms with Crippen molar-refractivity contribution in [3.63, 3.8) is 0 Å². The Morgan fingerprint density at radius 3 is 2.31 bits per heavy atom. The molecule has 36 heavy (non-hydrogen) atoms. The van der Waals surface area contributed by atoms with E-state index in [0.29, 0.717) is 32.6 Å². The highest BCUT2D eigenvalue weighted by Crippen LogP contribution is 2.33. The van der Waals surface area contributed by atoms with Crippen LogP contribution in [0.2, 0.25) is 0 Å². The number of nitrogens with zero attached hydrogens (tertiary/aromatic N) is 2. The number of benzene rings is 3. The SMILES string of the molecule is O=C(/C=C/c1cccc(Br)c1)N1CCN(C(=O)Cc2c(-c3ccccc3)[nH]c3ccc(Br)cc23)CC1. The number of nitrogens with one attached hydrogen (secondary N) is 1. The lowest BCUT2D eigenvalue weighted by Gasteiger charge is -2.34. The number of carbonyl (C=O) groups excluding carboxylic acids is 2. The minimum Gasteiger partial charge on any atom is -0.354 e. The zero-order valence-electron chi connectivity index (χ0n) is 19.6. The van der Waals surface area contributed by atoms with Gasteiger partial charge in [0.15, 0.2) is 0 Å². The van der Waals surface area contributed by atoms with E-state index in [2.05, 4.69) is 55.0 Å². The van der Waals surface area contributed by atoms with Gasteiger partial charge in [-0.15, -0.1) is 0 Å². The molecule has 182 valence electrons. The van der Waals surface area contributed by atoms with Gasteiger partial charge >= 0.3 is 0 Å². The highest BCUT2D eigenvalue weighted by Gasteiger charge is 2.25. The summed E-state index contributed by atoms with van der Waals surface area (Å²) in [5.41, 5.74) is 5.00. The number of aromatic amines is 1. The number of fused-ring (bicyclic) bond motifs is 1. The summed E-state index contributed by atoms with van der Waals surface area (Å²) >= 11 is 7.02. The van der Waals surface area contributed by atoms with Gasteiger partial charge in [-0.2, -0.15) is 0 Å². The first-order valence-corrected chi connectivity index (χ1v) is 13.4. The number of rotatable bonds is 5. The lowest BCUT2D eigenvalue weighted by atomic mass is 10.0. The molecule has 1 fully saturated rings. The maximum Gasteiger partial charge on any atom is 0.246 e. The molecule has 1 saturated heterocycles. The van der Waals surface area contributed by atoms with Crippen molar-refractivity contribution < 1.29 is 9.59 Å². The predicted octanol–water partition coefficient (Wildman–Crippen LogP) is 6.29. The maximum absolute atomic E-state index is 13.4. The van der Waals surface area contributed by atoms with E-state index in [-0.39, 0.29) is 11.8 Å². The Balaban J connectivity index is 1.28. The number of hydrogen-bond donors (Lipinski definition) is 1. The average molecular weight is 607 g/mol. The van der Waals surface area contributed by atoms with E-state index < -0.39 is 0 Å². The third-order valence-electron chi connectivity index (χ3n) is 6.47. The van der Waals surface area contributed by atoms with Gasteiger partial charge in [-0.1, -0.05) is 74.3 Å². The topological polar surface area (TPSA) is 56.4 Å². The lowest BCUT2D eigenvalue weighted by molar-refractivity contribution is -0.136. The second-order valence-electron chi connectivity index (χ2n) is 8.81. The summed E-state index contributed by atoms with van der Waals surface area (Å²) in [5.74, 6) is 0.0414. The van der Waals surface area contributed by atoms with Gasteiger partial charge in [0, 0.05) is 52.1 Å². The smallest absolute Gasteiger partial charge is 0.246 e. The molecule has 1 aromatic heterocycles. The molecule has 1 aliphatic rings. The van der Waals surface area contributed by atoms with Gasteiger partial charge in [-0.25, -0.2) is 0 Å². The van der Waals surface area contributed by atoms with Gasteiger partial charge in [-0.05, 0) is 53.1 Å². The number of carbonyl (C=O) groups is 2. The molecule has 5 rings (SSSR count). The molecular weight excluding hydrogens is 582 g/mol. The first kappa shape index (κ1) is 24.5. The average Bonchev–Trinajstić information content (AvgIpc) is 3.25. The zero-order valence-corrected chi connectivity index (χ0v) is 22.8. The van der Waals surface area contributed by atoms with Gasteiger partial charge in [0.2, 0.25) is 11.8 Å². The third-order valence-corrected chi connectivity index (χ3v) is 7.46. The molecule has 0 spiro atoms. The van der Waals surface area contributed by atoms with Crippen LogP contribution in [0.25, 0.3) is 28.2 Å². The van der Waals surface area contributed by atoms with E-state index in [0.717, 1.165) is 42.2 Å². The van der Waals surface area contributed by atoms with Crippen LogP contribution >= 0.6 is 31.9 Å². The van der Waals surface area contributed by atoms with E-state index in [1.165, 1.54) is 0 Å². The van der Waals surface area contributed by atoms with Gasteiger partial charge in [0.05, 0.1) is 12.1 Å². The van der Waals surface area contributed by atoms with Crippen LogP contribution in [-0.2, 0) is 16.0 Å². The van der Waals surface area contributed by atoms with Crippen LogP contribution in [0, 0.1) is 0 Å². The molecule has 0 unspecified atom stereocenters. The summed E-state index contributed by atoms with van der Waals surface area (Å²) < 4.78 is 1.95. The van der Waals surface area contributed by atoms with E-state index in [1.807, 2.05) is 65.6 Å². The molecule has 4 aromatic rings. The molecule has 3 aromatic carbocycles. The molecule has 0 saturated carbocycles. The Kier molecular flexibility index (Phi) is 7.39. The maximum atomic E-state index is 13.4. The molecule has 7 heteroatoms. The number of amides is 2. The molecule has 2 heterocycles. The zero-order chi connectivity index (χ0) is 25.1. The molecule has 0 bridgehead atoms. The first-order valence-electron chi connectivity index (χ1n) is 11.8. The van der Waals surface area contributed by atoms with E-state index in [1.54, 1.807) is 11.0 Å². The summed E-state index contributed by atoms with van der Waals surface area (Å²) in [6, 6.07) is 24.0. The molecule has 0 atom stereocenters. The fourth-order valence-electron chi connectivity index (χ4n) is 4.58. The molecule has 0 aliphatic carbocycles. The molecule has 1 N–H and O–H groups in total. The molecule has 1 aliphatic heterocycles. The van der Waals surface area contributed by atoms with Gasteiger partial charge in [-0.3, -0.25) is 9.59 Å².